The zero-order valence-corrected chi connectivity index (χ0v) is 11.8. The van der Waals surface area contributed by atoms with E-state index in [0.29, 0.717) is 5.75 Å². The fourth-order valence-corrected chi connectivity index (χ4v) is 1.82. The molecule has 0 spiro atoms. The summed E-state index contributed by atoms with van der Waals surface area (Å²) in [5.41, 5.74) is 1.22. The van der Waals surface area contributed by atoms with Crippen molar-refractivity contribution >= 4 is 22.7 Å². The van der Waals surface area contributed by atoms with Crippen LogP contribution < -0.4 is 10.1 Å². The molecule has 0 aliphatic carbocycles. The Kier molecular flexibility index (Phi) is 4.10. The van der Waals surface area contributed by atoms with Crippen LogP contribution >= 0.6 is 11.6 Å². The number of nitrogens with one attached hydrogen (secondary N) is 1. The van der Waals surface area contributed by atoms with Crippen LogP contribution in [0.2, 0.25) is 0 Å². The van der Waals surface area contributed by atoms with Crippen LogP contribution in [0.4, 0.5) is 0 Å². The van der Waals surface area contributed by atoms with E-state index in [9.17, 15) is 4.79 Å². The van der Waals surface area contributed by atoms with Crippen molar-refractivity contribution in [3.8, 4) is 5.75 Å². The fraction of sp³-hybridized carbons (Fsp3) is 0.429. The molecule has 0 saturated heterocycles. The van der Waals surface area contributed by atoms with Gasteiger partial charge >= 0.3 is 0 Å². The normalized spacial score (nSPS) is 17.3. The number of rotatable bonds is 4. The first-order chi connectivity index (χ1) is 8.96. The lowest BCUT2D eigenvalue weighted by atomic mass is 9.92. The number of aliphatic imine (C=N–C) groups is 1. The highest BCUT2D eigenvalue weighted by atomic mass is 35.5. The lowest BCUT2D eigenvalue weighted by molar-refractivity contribution is -0.113. The summed E-state index contributed by atoms with van der Waals surface area (Å²) < 4.78 is 5.20. The van der Waals surface area contributed by atoms with E-state index in [0.717, 1.165) is 24.5 Å². The van der Waals surface area contributed by atoms with Crippen molar-refractivity contribution in [1.82, 2.24) is 5.32 Å². The Bertz CT molecular complexity index is 495. The molecule has 0 bridgehead atoms. The number of benzene rings is 1. The number of hydrogen-bond acceptors (Lipinski definition) is 4. The molecule has 102 valence electrons. The minimum absolute atomic E-state index is 0.117. The molecule has 2 rings (SSSR count). The van der Waals surface area contributed by atoms with Gasteiger partial charge in [-0.1, -0.05) is 13.8 Å². The molecule has 1 aromatic rings. The largest absolute Gasteiger partial charge is 0.484 e. The Morgan fingerprint density at radius 1 is 1.42 bits per heavy atom. The predicted octanol–water partition coefficient (Wildman–Crippen LogP) is 2.21. The lowest BCUT2D eigenvalue weighted by Gasteiger charge is -2.29. The first kappa shape index (κ1) is 13.9. The molecular formula is C14H17ClN2O2. The molecule has 0 fully saturated rings. The third-order valence-electron chi connectivity index (χ3n) is 2.88. The molecule has 1 N–H and O–H groups in total. The predicted molar refractivity (Wildman–Crippen MR) is 76.0 cm³/mol. The van der Waals surface area contributed by atoms with E-state index >= 15 is 0 Å². The molecule has 0 unspecified atom stereocenters. The van der Waals surface area contributed by atoms with E-state index in [4.69, 9.17) is 16.3 Å². The van der Waals surface area contributed by atoms with Crippen LogP contribution in [0.15, 0.2) is 29.3 Å². The zero-order chi connectivity index (χ0) is 13.9. The molecule has 1 aromatic carbocycles. The number of ether oxygens (including phenoxy) is 1. The van der Waals surface area contributed by atoms with Gasteiger partial charge in [0.05, 0.1) is 0 Å². The first-order valence-electron chi connectivity index (χ1n) is 6.16. The Morgan fingerprint density at radius 2 is 2.11 bits per heavy atom. The monoisotopic (exact) mass is 280 g/mol. The van der Waals surface area contributed by atoms with Crippen molar-refractivity contribution in [2.45, 2.75) is 13.8 Å². The van der Waals surface area contributed by atoms with Gasteiger partial charge < -0.3 is 10.1 Å². The molecule has 0 radical (unpaired) electrons. The molecular weight excluding hydrogens is 264 g/mol. The molecule has 5 heteroatoms. The second kappa shape index (κ2) is 5.61. The Balaban J connectivity index is 2.03. The second-order valence-corrected chi connectivity index (χ2v) is 5.77. The second-order valence-electron chi connectivity index (χ2n) is 5.35. The molecule has 19 heavy (non-hydrogen) atoms. The molecule has 0 atom stereocenters. The molecule has 0 saturated carbocycles. The van der Waals surface area contributed by atoms with Crippen LogP contribution in [-0.2, 0) is 4.79 Å². The van der Waals surface area contributed by atoms with Crippen molar-refractivity contribution in [2.24, 2.45) is 10.4 Å². The topological polar surface area (TPSA) is 50.7 Å². The maximum atomic E-state index is 10.6. The van der Waals surface area contributed by atoms with E-state index in [2.05, 4.69) is 24.2 Å². The quantitative estimate of drug-likeness (QED) is 0.861. The molecule has 1 heterocycles. The highest BCUT2D eigenvalue weighted by Crippen LogP contribution is 2.19. The van der Waals surface area contributed by atoms with Gasteiger partial charge in [-0.05, 0) is 35.9 Å². The number of carbonyl (C=O) groups is 1. The summed E-state index contributed by atoms with van der Waals surface area (Å²) >= 11 is 5.21. The van der Waals surface area contributed by atoms with E-state index in [-0.39, 0.29) is 12.0 Å². The van der Waals surface area contributed by atoms with Crippen molar-refractivity contribution in [1.29, 1.82) is 0 Å². The van der Waals surface area contributed by atoms with Crippen LogP contribution in [0.3, 0.4) is 0 Å². The molecule has 0 aromatic heterocycles. The summed E-state index contributed by atoms with van der Waals surface area (Å²) in [6.45, 7) is 5.97. The maximum Gasteiger partial charge on any atom is 0.259 e. The summed E-state index contributed by atoms with van der Waals surface area (Å²) in [6, 6.07) is 7.44. The average Bonchev–Trinajstić information content (AvgIpc) is 2.37. The van der Waals surface area contributed by atoms with Crippen molar-refractivity contribution in [2.75, 3.05) is 19.7 Å². The highest BCUT2D eigenvalue weighted by Gasteiger charge is 2.22. The number of amidine groups is 1. The van der Waals surface area contributed by atoms with Gasteiger partial charge in [-0.25, -0.2) is 0 Å². The Morgan fingerprint density at radius 3 is 2.63 bits per heavy atom. The molecule has 1 aliphatic heterocycles. The van der Waals surface area contributed by atoms with E-state index in [1.807, 2.05) is 12.1 Å². The minimum atomic E-state index is -0.510. The summed E-state index contributed by atoms with van der Waals surface area (Å²) in [7, 11) is 0. The SMILES string of the molecule is CC1(C)CN=C(c2ccc(OCC(=O)Cl)cc2)NC1. The summed E-state index contributed by atoms with van der Waals surface area (Å²) in [5.74, 6) is 1.52. The van der Waals surface area contributed by atoms with Crippen LogP contribution in [0.25, 0.3) is 0 Å². The molecule has 1 aliphatic rings. The van der Waals surface area contributed by atoms with Crippen molar-refractivity contribution < 1.29 is 9.53 Å². The number of carbonyl (C=O) groups excluding carboxylic acids is 1. The van der Waals surface area contributed by atoms with E-state index in [1.165, 1.54) is 0 Å². The van der Waals surface area contributed by atoms with Crippen LogP contribution in [0.1, 0.15) is 19.4 Å². The lowest BCUT2D eigenvalue weighted by Crippen LogP contribution is -2.41. The van der Waals surface area contributed by atoms with Crippen molar-refractivity contribution in [3.05, 3.63) is 29.8 Å². The van der Waals surface area contributed by atoms with Gasteiger partial charge in [0.15, 0.2) is 6.61 Å². The van der Waals surface area contributed by atoms with E-state index < -0.39 is 5.24 Å². The van der Waals surface area contributed by atoms with Gasteiger partial charge in [0.2, 0.25) is 0 Å². The van der Waals surface area contributed by atoms with Gasteiger partial charge in [0, 0.05) is 24.1 Å². The van der Waals surface area contributed by atoms with Crippen LogP contribution in [-0.4, -0.2) is 30.8 Å². The third-order valence-corrected chi connectivity index (χ3v) is 2.99. The van der Waals surface area contributed by atoms with Gasteiger partial charge in [0.1, 0.15) is 11.6 Å². The standard InChI is InChI=1S/C14H17ClN2O2/c1-14(2)8-16-13(17-9-14)10-3-5-11(6-4-10)19-7-12(15)18/h3-6H,7-9H2,1-2H3,(H,16,17). The Labute approximate surface area is 117 Å². The minimum Gasteiger partial charge on any atom is -0.484 e. The van der Waals surface area contributed by atoms with E-state index in [1.54, 1.807) is 12.1 Å². The van der Waals surface area contributed by atoms with Gasteiger partial charge in [-0.2, -0.15) is 0 Å². The van der Waals surface area contributed by atoms with Gasteiger partial charge in [0.25, 0.3) is 5.24 Å². The summed E-state index contributed by atoms with van der Waals surface area (Å²) in [5, 5.41) is 2.82. The highest BCUT2D eigenvalue weighted by molar-refractivity contribution is 6.63. The van der Waals surface area contributed by atoms with Crippen LogP contribution in [0, 0.1) is 5.41 Å². The van der Waals surface area contributed by atoms with Gasteiger partial charge in [-0.15, -0.1) is 0 Å². The van der Waals surface area contributed by atoms with Gasteiger partial charge in [-0.3, -0.25) is 9.79 Å². The smallest absolute Gasteiger partial charge is 0.259 e. The summed E-state index contributed by atoms with van der Waals surface area (Å²) in [6.07, 6.45) is 0. The molecule has 0 amide bonds. The summed E-state index contributed by atoms with van der Waals surface area (Å²) in [4.78, 5) is 15.1. The maximum absolute atomic E-state index is 10.6. The third kappa shape index (κ3) is 3.96. The number of nitrogens with zero attached hydrogens (tertiary/aromatic N) is 1. The average molecular weight is 281 g/mol. The first-order valence-corrected chi connectivity index (χ1v) is 6.54. The number of hydrogen-bond donors (Lipinski definition) is 1. The van der Waals surface area contributed by atoms with Crippen molar-refractivity contribution in [3.63, 3.8) is 0 Å². The number of halogens is 1. The fourth-order valence-electron chi connectivity index (χ4n) is 1.77. The van der Waals surface area contributed by atoms with Crippen LogP contribution in [0.5, 0.6) is 5.75 Å². The Hall–Kier alpha value is -1.55. The zero-order valence-electron chi connectivity index (χ0n) is 11.1. The molecule has 4 nitrogen and oxygen atoms in total.